The smallest absolute Gasteiger partial charge is 0.246 e. The summed E-state index contributed by atoms with van der Waals surface area (Å²) < 4.78 is 31.1. The minimum Gasteiger partial charge on any atom is -0.495 e. The number of nitrogens with zero attached hydrogens (tertiary/aromatic N) is 2. The molecule has 1 unspecified atom stereocenters. The van der Waals surface area contributed by atoms with Gasteiger partial charge in [-0.15, -0.1) is 0 Å². The van der Waals surface area contributed by atoms with Gasteiger partial charge in [-0.1, -0.05) is 11.6 Å². The number of piperidine rings is 1. The Morgan fingerprint density at radius 3 is 2.46 bits per heavy atom. The van der Waals surface area contributed by atoms with Gasteiger partial charge in [0.2, 0.25) is 15.9 Å². The van der Waals surface area contributed by atoms with Crippen LogP contribution in [0.1, 0.15) is 26.2 Å². The predicted octanol–water partition coefficient (Wildman–Crippen LogP) is 2.52. The number of carbonyl (C=O) groups excluding carboxylic acids is 1. The zero-order chi connectivity index (χ0) is 17.9. The Bertz CT molecular complexity index is 702. The number of carbonyl (C=O) groups is 1. The maximum Gasteiger partial charge on any atom is 0.246 e. The SMILES string of the molecule is COc1ccc(Cl)cc1N(C(C)C(=O)N1CCCCC1)S(C)(=O)=O. The Hall–Kier alpha value is -1.47. The third-order valence-corrected chi connectivity index (χ3v) is 5.58. The van der Waals surface area contributed by atoms with E-state index in [0.717, 1.165) is 29.8 Å². The summed E-state index contributed by atoms with van der Waals surface area (Å²) in [7, 11) is -2.25. The van der Waals surface area contributed by atoms with E-state index in [0.29, 0.717) is 23.9 Å². The Morgan fingerprint density at radius 2 is 1.92 bits per heavy atom. The van der Waals surface area contributed by atoms with E-state index in [1.165, 1.54) is 13.2 Å². The first-order valence-electron chi connectivity index (χ1n) is 7.87. The van der Waals surface area contributed by atoms with Gasteiger partial charge in [0, 0.05) is 18.1 Å². The molecule has 1 aromatic rings. The second-order valence-electron chi connectivity index (χ2n) is 5.94. The molecule has 8 heteroatoms. The number of benzene rings is 1. The summed E-state index contributed by atoms with van der Waals surface area (Å²) in [6.45, 7) is 2.92. The van der Waals surface area contributed by atoms with Crippen molar-refractivity contribution in [2.24, 2.45) is 0 Å². The predicted molar refractivity (Wildman–Crippen MR) is 95.2 cm³/mol. The number of likely N-dealkylation sites (tertiary alicyclic amines) is 1. The van der Waals surface area contributed by atoms with Crippen LogP contribution in [0.15, 0.2) is 18.2 Å². The van der Waals surface area contributed by atoms with Crippen molar-refractivity contribution in [2.45, 2.75) is 32.2 Å². The molecule has 1 heterocycles. The highest BCUT2D eigenvalue weighted by molar-refractivity contribution is 7.92. The van der Waals surface area contributed by atoms with Crippen molar-refractivity contribution in [3.63, 3.8) is 0 Å². The lowest BCUT2D eigenvalue weighted by atomic mass is 10.1. The molecule has 1 fully saturated rings. The Kier molecular flexibility index (Phi) is 5.98. The van der Waals surface area contributed by atoms with Gasteiger partial charge < -0.3 is 9.64 Å². The van der Waals surface area contributed by atoms with Crippen LogP contribution in [0.25, 0.3) is 0 Å². The molecule has 1 amide bonds. The van der Waals surface area contributed by atoms with Gasteiger partial charge in [-0.25, -0.2) is 8.42 Å². The summed E-state index contributed by atoms with van der Waals surface area (Å²) >= 11 is 6.03. The topological polar surface area (TPSA) is 66.9 Å². The zero-order valence-electron chi connectivity index (χ0n) is 14.2. The minimum absolute atomic E-state index is 0.206. The third kappa shape index (κ3) is 4.13. The van der Waals surface area contributed by atoms with Crippen molar-refractivity contribution in [3.05, 3.63) is 23.2 Å². The lowest BCUT2D eigenvalue weighted by Gasteiger charge is -2.34. The average molecular weight is 375 g/mol. The first-order valence-corrected chi connectivity index (χ1v) is 10.1. The van der Waals surface area contributed by atoms with Crippen molar-refractivity contribution in [1.29, 1.82) is 0 Å². The highest BCUT2D eigenvalue weighted by Gasteiger charge is 2.34. The molecule has 6 nitrogen and oxygen atoms in total. The summed E-state index contributed by atoms with van der Waals surface area (Å²) in [5.74, 6) is 0.144. The summed E-state index contributed by atoms with van der Waals surface area (Å²) in [6, 6.07) is 3.84. The van der Waals surface area contributed by atoms with Gasteiger partial charge in [0.1, 0.15) is 11.8 Å². The molecule has 24 heavy (non-hydrogen) atoms. The summed E-state index contributed by atoms with van der Waals surface area (Å²) in [4.78, 5) is 14.5. The van der Waals surface area contributed by atoms with Gasteiger partial charge in [0.25, 0.3) is 0 Å². The molecular weight excluding hydrogens is 352 g/mol. The number of anilines is 1. The molecule has 1 saturated heterocycles. The molecule has 2 rings (SSSR count). The van der Waals surface area contributed by atoms with Crippen molar-refractivity contribution < 1.29 is 17.9 Å². The highest BCUT2D eigenvalue weighted by atomic mass is 35.5. The molecule has 1 aliphatic rings. The van der Waals surface area contributed by atoms with E-state index in [-0.39, 0.29) is 11.6 Å². The molecule has 0 radical (unpaired) electrons. The number of ether oxygens (including phenoxy) is 1. The van der Waals surface area contributed by atoms with Gasteiger partial charge in [-0.3, -0.25) is 9.10 Å². The lowest BCUT2D eigenvalue weighted by Crippen LogP contribution is -2.50. The van der Waals surface area contributed by atoms with Crippen molar-refractivity contribution in [3.8, 4) is 5.75 Å². The number of rotatable bonds is 5. The van der Waals surface area contributed by atoms with Gasteiger partial charge >= 0.3 is 0 Å². The maximum absolute atomic E-state index is 12.8. The largest absolute Gasteiger partial charge is 0.495 e. The minimum atomic E-state index is -3.70. The summed E-state index contributed by atoms with van der Waals surface area (Å²) in [5.41, 5.74) is 0.269. The van der Waals surface area contributed by atoms with Crippen LogP contribution in [0.4, 0.5) is 5.69 Å². The van der Waals surface area contributed by atoms with Gasteiger partial charge in [-0.05, 0) is 44.4 Å². The van der Waals surface area contributed by atoms with E-state index in [4.69, 9.17) is 16.3 Å². The quantitative estimate of drug-likeness (QED) is 0.794. The van der Waals surface area contributed by atoms with Crippen molar-refractivity contribution >= 4 is 33.2 Å². The van der Waals surface area contributed by atoms with E-state index in [2.05, 4.69) is 0 Å². The van der Waals surface area contributed by atoms with E-state index >= 15 is 0 Å². The fourth-order valence-corrected chi connectivity index (χ4v) is 4.32. The van der Waals surface area contributed by atoms with Gasteiger partial charge in [0.15, 0.2) is 0 Å². The van der Waals surface area contributed by atoms with E-state index < -0.39 is 16.1 Å². The molecular formula is C16H23ClN2O4S. The van der Waals surface area contributed by atoms with Gasteiger partial charge in [-0.2, -0.15) is 0 Å². The van der Waals surface area contributed by atoms with E-state index in [1.807, 2.05) is 0 Å². The molecule has 0 aliphatic carbocycles. The molecule has 0 N–H and O–H groups in total. The van der Waals surface area contributed by atoms with Crippen molar-refractivity contribution in [1.82, 2.24) is 4.90 Å². The number of sulfonamides is 1. The standard InChI is InChI=1S/C16H23ClN2O4S/c1-12(16(20)18-9-5-4-6-10-18)19(24(3,21)22)14-11-13(17)7-8-15(14)23-2/h7-8,11-12H,4-6,9-10H2,1-3H3. The lowest BCUT2D eigenvalue weighted by molar-refractivity contribution is -0.132. The molecule has 0 bridgehead atoms. The summed E-state index contributed by atoms with van der Waals surface area (Å²) in [5, 5.41) is 0.372. The Labute approximate surface area is 148 Å². The fraction of sp³-hybridized carbons (Fsp3) is 0.562. The van der Waals surface area contributed by atoms with Crippen molar-refractivity contribution in [2.75, 3.05) is 30.8 Å². The first-order chi connectivity index (χ1) is 11.3. The van der Waals surface area contributed by atoms with Crippen LogP contribution in [0, 0.1) is 0 Å². The van der Waals surface area contributed by atoms with Crippen LogP contribution in [0.2, 0.25) is 5.02 Å². The second kappa shape index (κ2) is 7.61. The zero-order valence-corrected chi connectivity index (χ0v) is 15.7. The van der Waals surface area contributed by atoms with Crippen LogP contribution >= 0.6 is 11.6 Å². The molecule has 1 aromatic carbocycles. The third-order valence-electron chi connectivity index (χ3n) is 4.11. The monoisotopic (exact) mass is 374 g/mol. The van der Waals surface area contributed by atoms with Crippen LogP contribution in [-0.2, 0) is 14.8 Å². The normalized spacial score (nSPS) is 16.6. The Balaban J connectivity index is 2.42. The van der Waals surface area contributed by atoms with Crippen LogP contribution in [0.5, 0.6) is 5.75 Å². The van der Waals surface area contributed by atoms with E-state index in [9.17, 15) is 13.2 Å². The molecule has 0 spiro atoms. The number of hydrogen-bond acceptors (Lipinski definition) is 4. The van der Waals surface area contributed by atoms with E-state index in [1.54, 1.807) is 24.0 Å². The van der Waals surface area contributed by atoms with Gasteiger partial charge in [0.05, 0.1) is 19.1 Å². The molecule has 0 aromatic heterocycles. The highest BCUT2D eigenvalue weighted by Crippen LogP contribution is 2.34. The number of hydrogen-bond donors (Lipinski definition) is 0. The molecule has 1 atom stereocenters. The van der Waals surface area contributed by atoms with Crippen LogP contribution in [0.3, 0.4) is 0 Å². The first kappa shape index (κ1) is 18.9. The molecule has 0 saturated carbocycles. The van der Waals surface area contributed by atoms with Crippen LogP contribution in [-0.4, -0.2) is 51.7 Å². The number of amides is 1. The fourth-order valence-electron chi connectivity index (χ4n) is 2.99. The molecule has 1 aliphatic heterocycles. The summed E-state index contributed by atoms with van der Waals surface area (Å²) in [6.07, 6.45) is 4.05. The number of halogens is 1. The second-order valence-corrected chi connectivity index (χ2v) is 8.23. The van der Waals surface area contributed by atoms with Crippen LogP contribution < -0.4 is 9.04 Å². The maximum atomic E-state index is 12.8. The average Bonchev–Trinajstić information content (AvgIpc) is 2.54. The Morgan fingerprint density at radius 1 is 1.29 bits per heavy atom. The molecule has 134 valence electrons. The number of methoxy groups -OCH3 is 1.